The minimum Gasteiger partial charge on any atom is -0.395 e. The number of hydrogen-bond acceptors (Lipinski definition) is 6. The third-order valence-corrected chi connectivity index (χ3v) is 7.34. The average Bonchev–Trinajstić information content (AvgIpc) is 2.82. The van der Waals surface area contributed by atoms with Crippen molar-refractivity contribution in [3.8, 4) is 0 Å². The molecule has 1 aromatic carbocycles. The first kappa shape index (κ1) is 26.9. The predicted molar refractivity (Wildman–Crippen MR) is 125 cm³/mol. The Morgan fingerprint density at radius 3 is 2.47 bits per heavy atom. The molecule has 0 aromatic heterocycles. The summed E-state index contributed by atoms with van der Waals surface area (Å²) in [5.41, 5.74) is 5.89. The molecule has 1 saturated carbocycles. The third kappa shape index (κ3) is 6.73. The maximum absolute atomic E-state index is 14.3. The number of piperidine rings is 1. The second kappa shape index (κ2) is 12.9. The van der Waals surface area contributed by atoms with Crippen LogP contribution >= 0.6 is 0 Å². The zero-order chi connectivity index (χ0) is 24.7. The minimum absolute atomic E-state index is 0.0794. The number of amides is 1. The Balaban J connectivity index is 1.50. The molecule has 4 atom stereocenters. The summed E-state index contributed by atoms with van der Waals surface area (Å²) < 4.78 is 27.6. The largest absolute Gasteiger partial charge is 0.395 e. The van der Waals surface area contributed by atoms with Gasteiger partial charge >= 0.3 is 0 Å². The molecule has 0 bridgehead atoms. The van der Waals surface area contributed by atoms with Gasteiger partial charge in [0.15, 0.2) is 0 Å². The third-order valence-electron chi connectivity index (χ3n) is 7.34. The van der Waals surface area contributed by atoms with E-state index in [2.05, 4.69) is 0 Å². The quantitative estimate of drug-likeness (QED) is 0.379. The van der Waals surface area contributed by atoms with E-state index in [1.54, 1.807) is 4.90 Å². The van der Waals surface area contributed by atoms with Crippen LogP contribution in [-0.2, 0) is 0 Å². The Labute approximate surface area is 200 Å². The van der Waals surface area contributed by atoms with Gasteiger partial charge in [-0.15, -0.1) is 0 Å². The number of nitrogens with two attached hydrogens (primary N) is 1. The van der Waals surface area contributed by atoms with Gasteiger partial charge in [0.2, 0.25) is 0 Å². The summed E-state index contributed by atoms with van der Waals surface area (Å²) >= 11 is 0. The SMILES string of the molecule is NC1C(O)C(O)CN(CCCCCCN(C(=O)c2ccc(F)cc2F)C2CCCCC2)C1CO. The fourth-order valence-electron chi connectivity index (χ4n) is 5.32. The highest BCUT2D eigenvalue weighted by molar-refractivity contribution is 5.94. The number of likely N-dealkylation sites (tertiary alicyclic amines) is 1. The van der Waals surface area contributed by atoms with E-state index in [0.717, 1.165) is 69.9 Å². The number of aliphatic hydroxyl groups excluding tert-OH is 3. The predicted octanol–water partition coefficient (Wildman–Crippen LogP) is 2.03. The Kier molecular flexibility index (Phi) is 10.2. The van der Waals surface area contributed by atoms with Gasteiger partial charge in [-0.3, -0.25) is 9.69 Å². The number of nitrogens with zero attached hydrogens (tertiary/aromatic N) is 2. The molecule has 1 aliphatic carbocycles. The summed E-state index contributed by atoms with van der Waals surface area (Å²) in [5.74, 6) is -1.89. The van der Waals surface area contributed by atoms with Crippen LogP contribution in [0.3, 0.4) is 0 Å². The van der Waals surface area contributed by atoms with E-state index >= 15 is 0 Å². The summed E-state index contributed by atoms with van der Waals surface area (Å²) in [4.78, 5) is 16.8. The number of benzene rings is 1. The van der Waals surface area contributed by atoms with Crippen molar-refractivity contribution in [3.05, 3.63) is 35.4 Å². The molecule has 4 unspecified atom stereocenters. The first-order valence-corrected chi connectivity index (χ1v) is 12.6. The second-order valence-corrected chi connectivity index (χ2v) is 9.71. The van der Waals surface area contributed by atoms with Crippen LogP contribution in [0.25, 0.3) is 0 Å². The lowest BCUT2D eigenvalue weighted by Crippen LogP contribution is -2.65. The zero-order valence-electron chi connectivity index (χ0n) is 19.8. The lowest BCUT2D eigenvalue weighted by molar-refractivity contribution is -0.0840. The molecule has 2 aliphatic rings. The molecule has 1 amide bonds. The molecule has 2 fully saturated rings. The topological polar surface area (TPSA) is 110 Å². The molecule has 1 aliphatic heterocycles. The molecule has 1 heterocycles. The Hall–Kier alpha value is -1.65. The molecular weight excluding hydrogens is 444 g/mol. The molecule has 0 spiro atoms. The highest BCUT2D eigenvalue weighted by Gasteiger charge is 2.39. The molecule has 3 rings (SSSR count). The van der Waals surface area contributed by atoms with Gasteiger partial charge in [-0.05, 0) is 44.4 Å². The first-order chi connectivity index (χ1) is 16.3. The second-order valence-electron chi connectivity index (χ2n) is 9.71. The van der Waals surface area contributed by atoms with E-state index < -0.39 is 29.9 Å². The van der Waals surface area contributed by atoms with Crippen molar-refractivity contribution in [2.75, 3.05) is 26.2 Å². The summed E-state index contributed by atoms with van der Waals surface area (Å²) in [7, 11) is 0. The molecule has 1 saturated heterocycles. The van der Waals surface area contributed by atoms with E-state index in [4.69, 9.17) is 5.73 Å². The minimum atomic E-state index is -1.04. The number of hydrogen-bond donors (Lipinski definition) is 4. The molecule has 1 aromatic rings. The first-order valence-electron chi connectivity index (χ1n) is 12.6. The fraction of sp³-hybridized carbons (Fsp3) is 0.720. The van der Waals surface area contributed by atoms with Gasteiger partial charge in [-0.2, -0.15) is 0 Å². The molecule has 9 heteroatoms. The van der Waals surface area contributed by atoms with Crippen molar-refractivity contribution >= 4 is 5.91 Å². The van der Waals surface area contributed by atoms with Crippen molar-refractivity contribution < 1.29 is 28.9 Å². The van der Waals surface area contributed by atoms with Crippen LogP contribution < -0.4 is 5.73 Å². The fourth-order valence-corrected chi connectivity index (χ4v) is 5.32. The normalized spacial score (nSPS) is 26.5. The lowest BCUT2D eigenvalue weighted by Gasteiger charge is -2.43. The van der Waals surface area contributed by atoms with Crippen molar-refractivity contribution in [2.45, 2.75) is 88.1 Å². The van der Waals surface area contributed by atoms with Crippen LogP contribution in [0.1, 0.15) is 68.1 Å². The summed E-state index contributed by atoms with van der Waals surface area (Å²) in [6, 6.07) is 2.11. The van der Waals surface area contributed by atoms with E-state index in [9.17, 15) is 28.9 Å². The van der Waals surface area contributed by atoms with Crippen molar-refractivity contribution in [2.24, 2.45) is 5.73 Å². The van der Waals surface area contributed by atoms with Gasteiger partial charge < -0.3 is 26.0 Å². The van der Waals surface area contributed by atoms with Crippen molar-refractivity contribution in [1.82, 2.24) is 9.80 Å². The van der Waals surface area contributed by atoms with E-state index in [0.29, 0.717) is 13.1 Å². The van der Waals surface area contributed by atoms with Crippen LogP contribution in [0.2, 0.25) is 0 Å². The number of β-amino-alcohol motifs (C(OH)–C–C–N with tert-alkyl or cyclic N) is 1. The molecule has 0 radical (unpaired) electrons. The van der Waals surface area contributed by atoms with E-state index in [1.165, 1.54) is 6.07 Å². The Morgan fingerprint density at radius 1 is 1.09 bits per heavy atom. The lowest BCUT2D eigenvalue weighted by atomic mass is 9.92. The van der Waals surface area contributed by atoms with Gasteiger partial charge in [0.25, 0.3) is 5.91 Å². The van der Waals surface area contributed by atoms with Crippen LogP contribution in [0.5, 0.6) is 0 Å². The van der Waals surface area contributed by atoms with Gasteiger partial charge in [0, 0.05) is 25.2 Å². The molecular formula is C25H39F2N3O4. The Morgan fingerprint density at radius 2 is 1.79 bits per heavy atom. The van der Waals surface area contributed by atoms with Gasteiger partial charge in [-0.25, -0.2) is 8.78 Å². The number of carbonyl (C=O) groups is 1. The van der Waals surface area contributed by atoms with Crippen molar-refractivity contribution in [3.63, 3.8) is 0 Å². The molecule has 7 nitrogen and oxygen atoms in total. The highest BCUT2D eigenvalue weighted by Crippen LogP contribution is 2.26. The van der Waals surface area contributed by atoms with E-state index in [1.807, 2.05) is 4.90 Å². The smallest absolute Gasteiger partial charge is 0.257 e. The maximum Gasteiger partial charge on any atom is 0.257 e. The van der Waals surface area contributed by atoms with Crippen LogP contribution in [0.15, 0.2) is 18.2 Å². The number of unbranched alkanes of at least 4 members (excludes halogenated alkanes) is 3. The standard InChI is InChI=1S/C25H39F2N3O4/c26-17-10-11-19(20(27)14-17)25(34)30(18-8-4-3-5-9-18)13-7-2-1-6-12-29-15-22(32)24(33)23(28)21(29)16-31/h10-11,14,18,21-24,31-33H,1-9,12-13,15-16,28H2. The number of rotatable bonds is 10. The summed E-state index contributed by atoms with van der Waals surface area (Å²) in [5, 5.41) is 29.6. The van der Waals surface area contributed by atoms with E-state index in [-0.39, 0.29) is 36.7 Å². The van der Waals surface area contributed by atoms with Crippen LogP contribution in [0.4, 0.5) is 8.78 Å². The highest BCUT2D eigenvalue weighted by atomic mass is 19.1. The van der Waals surface area contributed by atoms with Gasteiger partial charge in [0.1, 0.15) is 11.6 Å². The molecule has 34 heavy (non-hydrogen) atoms. The Bertz CT molecular complexity index is 793. The number of aliphatic hydroxyl groups is 3. The molecule has 192 valence electrons. The van der Waals surface area contributed by atoms with Crippen LogP contribution in [0, 0.1) is 11.6 Å². The average molecular weight is 484 g/mol. The zero-order valence-corrected chi connectivity index (χ0v) is 19.8. The van der Waals surface area contributed by atoms with Crippen molar-refractivity contribution in [1.29, 1.82) is 0 Å². The van der Waals surface area contributed by atoms with Gasteiger partial charge in [0.05, 0.1) is 36.5 Å². The van der Waals surface area contributed by atoms with Crippen LogP contribution in [-0.4, -0.2) is 87.6 Å². The molecule has 5 N–H and O–H groups in total. The monoisotopic (exact) mass is 483 g/mol. The maximum atomic E-state index is 14.3. The summed E-state index contributed by atoms with van der Waals surface area (Å²) in [6.45, 7) is 1.27. The number of carbonyl (C=O) groups excluding carboxylic acids is 1. The van der Waals surface area contributed by atoms with Gasteiger partial charge in [-0.1, -0.05) is 32.1 Å². The number of halogens is 2. The summed E-state index contributed by atoms with van der Waals surface area (Å²) in [6.07, 6.45) is 6.44.